The average molecular weight is 526 g/mol. The predicted molar refractivity (Wildman–Crippen MR) is 138 cm³/mol. The van der Waals surface area contributed by atoms with Gasteiger partial charge in [-0.3, -0.25) is 9.69 Å². The molecule has 0 radical (unpaired) electrons. The van der Waals surface area contributed by atoms with Crippen molar-refractivity contribution in [1.29, 1.82) is 0 Å². The van der Waals surface area contributed by atoms with E-state index >= 15 is 0 Å². The Kier molecular flexibility index (Phi) is 7.29. The summed E-state index contributed by atoms with van der Waals surface area (Å²) < 4.78 is 13.3. The van der Waals surface area contributed by atoms with Crippen LogP contribution in [-0.2, 0) is 11.4 Å². The maximum atomic E-state index is 13.0. The van der Waals surface area contributed by atoms with Crippen molar-refractivity contribution >= 4 is 61.9 Å². The van der Waals surface area contributed by atoms with Gasteiger partial charge in [-0.15, -0.1) is 0 Å². The highest BCUT2D eigenvalue weighted by atomic mass is 79.9. The lowest BCUT2D eigenvalue weighted by Crippen LogP contribution is -2.27. The zero-order valence-electron chi connectivity index (χ0n) is 17.3. The Labute approximate surface area is 205 Å². The van der Waals surface area contributed by atoms with Crippen molar-refractivity contribution in [3.8, 4) is 11.5 Å². The zero-order chi connectivity index (χ0) is 22.5. The molecule has 32 heavy (non-hydrogen) atoms. The number of anilines is 1. The van der Waals surface area contributed by atoms with E-state index in [-0.39, 0.29) is 5.91 Å². The SMILES string of the molecule is CCOc1cc(/C=C2/SC(=S)N(c3ccccc3)C2=O)ccc1OCc1ccc(Br)cc1. The summed E-state index contributed by atoms with van der Waals surface area (Å²) in [6.07, 6.45) is 1.84. The van der Waals surface area contributed by atoms with Crippen LogP contribution in [0.15, 0.2) is 82.2 Å². The topological polar surface area (TPSA) is 38.8 Å². The molecule has 4 nitrogen and oxygen atoms in total. The van der Waals surface area contributed by atoms with Crippen LogP contribution < -0.4 is 14.4 Å². The van der Waals surface area contributed by atoms with Gasteiger partial charge in [-0.2, -0.15) is 0 Å². The number of thiocarbonyl (C=S) groups is 1. The quantitative estimate of drug-likeness (QED) is 0.249. The van der Waals surface area contributed by atoms with Crippen molar-refractivity contribution in [3.05, 3.63) is 93.3 Å². The second kappa shape index (κ2) is 10.3. The molecular formula is C25H20BrNO3S2. The van der Waals surface area contributed by atoms with Gasteiger partial charge in [0.05, 0.1) is 17.2 Å². The van der Waals surface area contributed by atoms with Gasteiger partial charge < -0.3 is 9.47 Å². The molecule has 0 spiro atoms. The predicted octanol–water partition coefficient (Wildman–Crippen LogP) is 6.83. The van der Waals surface area contributed by atoms with Crippen LogP contribution in [0.25, 0.3) is 6.08 Å². The minimum Gasteiger partial charge on any atom is -0.490 e. The minimum atomic E-state index is -0.125. The Morgan fingerprint density at radius 1 is 1.00 bits per heavy atom. The highest BCUT2D eigenvalue weighted by Crippen LogP contribution is 2.37. The molecule has 1 amide bonds. The van der Waals surface area contributed by atoms with Gasteiger partial charge in [-0.05, 0) is 60.5 Å². The van der Waals surface area contributed by atoms with Crippen molar-refractivity contribution in [2.75, 3.05) is 11.5 Å². The molecule has 4 rings (SSSR count). The lowest BCUT2D eigenvalue weighted by atomic mass is 10.1. The Balaban J connectivity index is 1.54. The summed E-state index contributed by atoms with van der Waals surface area (Å²) in [6.45, 7) is 2.87. The van der Waals surface area contributed by atoms with Crippen LogP contribution in [0.1, 0.15) is 18.1 Å². The van der Waals surface area contributed by atoms with Crippen LogP contribution in [0.3, 0.4) is 0 Å². The molecule has 3 aromatic rings. The summed E-state index contributed by atoms with van der Waals surface area (Å²) >= 11 is 10.2. The third-order valence-electron chi connectivity index (χ3n) is 4.68. The summed E-state index contributed by atoms with van der Waals surface area (Å²) in [5, 5.41) is 0. The number of hydrogen-bond acceptors (Lipinski definition) is 5. The molecule has 1 saturated heterocycles. The highest BCUT2D eigenvalue weighted by molar-refractivity contribution is 9.10. The number of ether oxygens (including phenoxy) is 2. The number of hydrogen-bond donors (Lipinski definition) is 0. The molecule has 0 aliphatic carbocycles. The molecule has 1 heterocycles. The highest BCUT2D eigenvalue weighted by Gasteiger charge is 2.33. The van der Waals surface area contributed by atoms with E-state index in [1.165, 1.54) is 11.8 Å². The van der Waals surface area contributed by atoms with Crippen molar-refractivity contribution in [2.24, 2.45) is 0 Å². The molecule has 0 atom stereocenters. The lowest BCUT2D eigenvalue weighted by Gasteiger charge is -2.14. The second-order valence-corrected chi connectivity index (χ2v) is 9.50. The fourth-order valence-corrected chi connectivity index (χ4v) is 4.73. The van der Waals surface area contributed by atoms with E-state index in [9.17, 15) is 4.79 Å². The summed E-state index contributed by atoms with van der Waals surface area (Å²) in [6, 6.07) is 23.1. The largest absolute Gasteiger partial charge is 0.490 e. The van der Waals surface area contributed by atoms with Crippen LogP contribution in [0, 0.1) is 0 Å². The summed E-state index contributed by atoms with van der Waals surface area (Å²) in [5.41, 5.74) is 2.67. The Morgan fingerprint density at radius 2 is 1.75 bits per heavy atom. The first-order valence-electron chi connectivity index (χ1n) is 10.0. The Hall–Kier alpha value is -2.61. The first-order chi connectivity index (χ1) is 15.5. The second-order valence-electron chi connectivity index (χ2n) is 6.91. The fourth-order valence-electron chi connectivity index (χ4n) is 3.16. The number of carbonyl (C=O) groups is 1. The number of carbonyl (C=O) groups excluding carboxylic acids is 1. The molecule has 1 aliphatic heterocycles. The molecule has 0 N–H and O–H groups in total. The minimum absolute atomic E-state index is 0.125. The zero-order valence-corrected chi connectivity index (χ0v) is 20.5. The molecule has 7 heteroatoms. The van der Waals surface area contributed by atoms with E-state index < -0.39 is 0 Å². The molecule has 1 fully saturated rings. The molecule has 1 aliphatic rings. The van der Waals surface area contributed by atoms with Crippen molar-refractivity contribution in [3.63, 3.8) is 0 Å². The molecule has 0 bridgehead atoms. The van der Waals surface area contributed by atoms with Gasteiger partial charge in [0.2, 0.25) is 0 Å². The van der Waals surface area contributed by atoms with Crippen LogP contribution >= 0.6 is 39.9 Å². The number of thioether (sulfide) groups is 1. The number of para-hydroxylation sites is 1. The van der Waals surface area contributed by atoms with Gasteiger partial charge in [0.1, 0.15) is 6.61 Å². The lowest BCUT2D eigenvalue weighted by molar-refractivity contribution is -0.113. The van der Waals surface area contributed by atoms with Gasteiger partial charge in [-0.1, -0.05) is 76.3 Å². The number of rotatable bonds is 7. The average Bonchev–Trinajstić information content (AvgIpc) is 3.08. The van der Waals surface area contributed by atoms with E-state index in [1.807, 2.05) is 85.8 Å². The van der Waals surface area contributed by atoms with Crippen molar-refractivity contribution < 1.29 is 14.3 Å². The van der Waals surface area contributed by atoms with E-state index in [1.54, 1.807) is 4.90 Å². The van der Waals surface area contributed by atoms with Gasteiger partial charge in [-0.25, -0.2) is 0 Å². The first-order valence-corrected chi connectivity index (χ1v) is 12.0. The van der Waals surface area contributed by atoms with Crippen molar-refractivity contribution in [2.45, 2.75) is 13.5 Å². The molecule has 0 aromatic heterocycles. The Bertz CT molecular complexity index is 1160. The van der Waals surface area contributed by atoms with Gasteiger partial charge in [0.15, 0.2) is 15.8 Å². The molecule has 0 saturated carbocycles. The molecular weight excluding hydrogens is 506 g/mol. The van der Waals surface area contributed by atoms with Crippen LogP contribution in [-0.4, -0.2) is 16.8 Å². The van der Waals surface area contributed by atoms with E-state index in [4.69, 9.17) is 21.7 Å². The summed E-state index contributed by atoms with van der Waals surface area (Å²) in [4.78, 5) is 15.1. The smallest absolute Gasteiger partial charge is 0.270 e. The van der Waals surface area contributed by atoms with Gasteiger partial charge >= 0.3 is 0 Å². The maximum absolute atomic E-state index is 13.0. The standard InChI is InChI=1S/C25H20BrNO3S2/c1-2-29-22-14-18(10-13-21(22)30-16-17-8-11-19(26)12-9-17)15-23-24(28)27(25(31)32-23)20-6-4-3-5-7-20/h3-15H,2,16H2,1H3/b23-15+. The number of benzene rings is 3. The third-order valence-corrected chi connectivity index (χ3v) is 6.51. The van der Waals surface area contributed by atoms with Crippen LogP contribution in [0.5, 0.6) is 11.5 Å². The maximum Gasteiger partial charge on any atom is 0.270 e. The monoisotopic (exact) mass is 525 g/mol. The van der Waals surface area contributed by atoms with E-state index in [0.717, 1.165) is 21.3 Å². The molecule has 3 aromatic carbocycles. The fraction of sp³-hybridized carbons (Fsp3) is 0.120. The number of nitrogens with zero attached hydrogens (tertiary/aromatic N) is 1. The Morgan fingerprint density at radius 3 is 2.47 bits per heavy atom. The summed E-state index contributed by atoms with van der Waals surface area (Å²) in [7, 11) is 0. The first kappa shape index (κ1) is 22.6. The number of amides is 1. The van der Waals surface area contributed by atoms with Crippen LogP contribution in [0.4, 0.5) is 5.69 Å². The van der Waals surface area contributed by atoms with E-state index in [0.29, 0.717) is 33.9 Å². The summed E-state index contributed by atoms with van der Waals surface area (Å²) in [5.74, 6) is 1.17. The van der Waals surface area contributed by atoms with Crippen molar-refractivity contribution in [1.82, 2.24) is 0 Å². The normalized spacial score (nSPS) is 14.8. The third kappa shape index (κ3) is 5.23. The molecule has 0 unspecified atom stereocenters. The van der Waals surface area contributed by atoms with E-state index in [2.05, 4.69) is 15.9 Å². The number of halogens is 1. The van der Waals surface area contributed by atoms with Gasteiger partial charge in [0, 0.05) is 4.47 Å². The van der Waals surface area contributed by atoms with Gasteiger partial charge in [0.25, 0.3) is 5.91 Å². The molecule has 162 valence electrons. The van der Waals surface area contributed by atoms with Crippen LogP contribution in [0.2, 0.25) is 0 Å².